The van der Waals surface area contributed by atoms with Crippen LogP contribution in [0.5, 0.6) is 0 Å². The highest BCUT2D eigenvalue weighted by molar-refractivity contribution is 7.06. The van der Waals surface area contributed by atoms with Crippen molar-refractivity contribution in [3.63, 3.8) is 0 Å². The fourth-order valence-corrected chi connectivity index (χ4v) is 5.80. The molecule has 2 atom stereocenters. The van der Waals surface area contributed by atoms with Crippen molar-refractivity contribution in [1.29, 1.82) is 0 Å². The zero-order chi connectivity index (χ0) is 25.0. The zero-order valence-electron chi connectivity index (χ0n) is 19.1. The van der Waals surface area contributed by atoms with E-state index < -0.39 is 40.5 Å². The highest BCUT2D eigenvalue weighted by Crippen LogP contribution is 2.44. The van der Waals surface area contributed by atoms with Gasteiger partial charge in [0.2, 0.25) is 0 Å². The monoisotopic (exact) mass is 503 g/mol. The molecule has 1 fully saturated rings. The standard InChI is InChI=1S/C24H24F3N5O2S/c1-10(2)29-8-11-3-4-32(9-11)17-6-12-13(5-14(17)25)21(33)19-22(35-31-24(19)34)18(12)20-15(26)7-16(27)23(28)30-20/h5-7,10-11,18,29H,3-4,8-9H2,1-2H3,(H2,28,30)(H,31,34)/t11-,18?/m0/s1. The van der Waals surface area contributed by atoms with E-state index >= 15 is 4.39 Å². The van der Waals surface area contributed by atoms with Gasteiger partial charge < -0.3 is 16.0 Å². The summed E-state index contributed by atoms with van der Waals surface area (Å²) in [7, 11) is 0. The van der Waals surface area contributed by atoms with E-state index in [2.05, 4.69) is 28.5 Å². The number of benzene rings is 1. The van der Waals surface area contributed by atoms with Gasteiger partial charge in [0.05, 0.1) is 22.2 Å². The average Bonchev–Trinajstić information content (AvgIpc) is 3.43. The van der Waals surface area contributed by atoms with Crippen molar-refractivity contribution in [3.05, 3.63) is 73.3 Å². The second-order valence-corrected chi connectivity index (χ2v) is 10.2. The summed E-state index contributed by atoms with van der Waals surface area (Å²) < 4.78 is 46.7. The number of aromatic amines is 1. The number of halogens is 3. The second kappa shape index (κ2) is 8.80. The minimum Gasteiger partial charge on any atom is -0.381 e. The van der Waals surface area contributed by atoms with E-state index in [-0.39, 0.29) is 27.4 Å². The average molecular weight is 504 g/mol. The summed E-state index contributed by atoms with van der Waals surface area (Å²) in [5, 5.41) is 3.40. The third kappa shape index (κ3) is 4.02. The molecule has 3 heterocycles. The number of nitrogens with two attached hydrogens (primary N) is 1. The Bertz CT molecular complexity index is 1390. The molecule has 11 heteroatoms. The zero-order valence-corrected chi connectivity index (χ0v) is 19.9. The number of ketones is 1. The van der Waals surface area contributed by atoms with Gasteiger partial charge in [-0.3, -0.25) is 14.0 Å². The van der Waals surface area contributed by atoms with Crippen LogP contribution in [0.3, 0.4) is 0 Å². The maximum absolute atomic E-state index is 15.3. The van der Waals surface area contributed by atoms with E-state index in [9.17, 15) is 18.4 Å². The van der Waals surface area contributed by atoms with Crippen LogP contribution in [0.4, 0.5) is 24.7 Å². The van der Waals surface area contributed by atoms with Gasteiger partial charge in [-0.05, 0) is 36.6 Å². The first-order valence-electron chi connectivity index (χ1n) is 11.3. The van der Waals surface area contributed by atoms with Gasteiger partial charge in [-0.25, -0.2) is 18.2 Å². The molecule has 184 valence electrons. The van der Waals surface area contributed by atoms with Crippen LogP contribution in [0.25, 0.3) is 0 Å². The minimum absolute atomic E-state index is 0.0473. The summed E-state index contributed by atoms with van der Waals surface area (Å²) in [5.74, 6) is -4.44. The molecule has 0 bridgehead atoms. The van der Waals surface area contributed by atoms with Gasteiger partial charge in [0, 0.05) is 30.8 Å². The van der Waals surface area contributed by atoms with Crippen LogP contribution in [0.15, 0.2) is 23.0 Å². The van der Waals surface area contributed by atoms with Crippen molar-refractivity contribution in [2.24, 2.45) is 5.92 Å². The number of rotatable bonds is 5. The topological polar surface area (TPSA) is 104 Å². The van der Waals surface area contributed by atoms with Crippen LogP contribution in [0.2, 0.25) is 0 Å². The van der Waals surface area contributed by atoms with Crippen LogP contribution < -0.4 is 21.5 Å². The van der Waals surface area contributed by atoms with Crippen LogP contribution >= 0.6 is 11.5 Å². The Kier molecular flexibility index (Phi) is 5.92. The molecule has 1 aliphatic heterocycles. The SMILES string of the molecule is CC(C)NC[C@@H]1CCN(c2cc3c(cc2F)C(=O)c2c(s[nH]c2=O)C3c2nc(N)c(F)cc2F)C1. The highest BCUT2D eigenvalue weighted by Gasteiger charge is 2.40. The number of aromatic nitrogens is 2. The van der Waals surface area contributed by atoms with Gasteiger partial charge >= 0.3 is 0 Å². The maximum atomic E-state index is 15.3. The molecule has 0 amide bonds. The Morgan fingerprint density at radius 2 is 1.97 bits per heavy atom. The molecule has 1 aliphatic carbocycles. The van der Waals surface area contributed by atoms with Crippen molar-refractivity contribution >= 4 is 28.8 Å². The van der Waals surface area contributed by atoms with Gasteiger partial charge in [0.25, 0.3) is 5.56 Å². The number of hydrogen-bond acceptors (Lipinski definition) is 7. The van der Waals surface area contributed by atoms with E-state index in [1.165, 1.54) is 6.07 Å². The molecule has 0 radical (unpaired) electrons. The van der Waals surface area contributed by atoms with Gasteiger partial charge in [-0.1, -0.05) is 25.4 Å². The molecule has 1 saturated heterocycles. The predicted octanol–water partition coefficient (Wildman–Crippen LogP) is 3.38. The third-order valence-corrected chi connectivity index (χ3v) is 7.54. The van der Waals surface area contributed by atoms with E-state index in [4.69, 9.17) is 5.73 Å². The lowest BCUT2D eigenvalue weighted by Crippen LogP contribution is -2.31. The Hall–Kier alpha value is -3.18. The fraction of sp³-hybridized carbons (Fsp3) is 0.375. The molecule has 2 aliphatic rings. The molecule has 0 spiro atoms. The van der Waals surface area contributed by atoms with Gasteiger partial charge in [0.15, 0.2) is 17.4 Å². The summed E-state index contributed by atoms with van der Waals surface area (Å²) in [4.78, 5) is 31.6. The van der Waals surface area contributed by atoms with Crippen molar-refractivity contribution in [2.75, 3.05) is 30.3 Å². The first kappa shape index (κ1) is 23.6. The predicted molar refractivity (Wildman–Crippen MR) is 128 cm³/mol. The molecular formula is C24H24F3N5O2S. The van der Waals surface area contributed by atoms with E-state index in [1.807, 2.05) is 4.90 Å². The second-order valence-electron chi connectivity index (χ2n) is 9.31. The molecule has 0 saturated carbocycles. The van der Waals surface area contributed by atoms with Crippen LogP contribution in [0.1, 0.15) is 58.2 Å². The molecule has 7 nitrogen and oxygen atoms in total. The minimum atomic E-state index is -1.02. The molecule has 35 heavy (non-hydrogen) atoms. The molecule has 2 aromatic heterocycles. The van der Waals surface area contributed by atoms with Gasteiger partial charge in [-0.15, -0.1) is 0 Å². The van der Waals surface area contributed by atoms with Gasteiger partial charge in [-0.2, -0.15) is 0 Å². The Labute approximate surface area is 203 Å². The Morgan fingerprint density at radius 3 is 2.71 bits per heavy atom. The summed E-state index contributed by atoms with van der Waals surface area (Å²) in [6.07, 6.45) is 0.868. The fourth-order valence-electron chi connectivity index (χ4n) is 4.86. The number of pyridine rings is 1. The smallest absolute Gasteiger partial charge is 0.269 e. The molecule has 5 rings (SSSR count). The number of H-pyrrole nitrogens is 1. The lowest BCUT2D eigenvalue weighted by molar-refractivity contribution is 0.103. The number of hydrogen-bond donors (Lipinski definition) is 3. The van der Waals surface area contributed by atoms with Crippen LogP contribution in [-0.2, 0) is 0 Å². The molecule has 4 N–H and O–H groups in total. The summed E-state index contributed by atoms with van der Waals surface area (Å²) in [5.41, 5.74) is 5.10. The number of fused-ring (bicyclic) bond motifs is 2. The Balaban J connectivity index is 1.62. The Morgan fingerprint density at radius 1 is 1.20 bits per heavy atom. The first-order chi connectivity index (χ1) is 16.7. The largest absolute Gasteiger partial charge is 0.381 e. The number of carbonyl (C=O) groups excluding carboxylic acids is 1. The van der Waals surface area contributed by atoms with Crippen molar-refractivity contribution in [2.45, 2.75) is 32.2 Å². The lowest BCUT2D eigenvalue weighted by Gasteiger charge is -2.27. The van der Waals surface area contributed by atoms with Crippen LogP contribution in [0, 0.1) is 23.4 Å². The number of nitrogens with one attached hydrogen (secondary N) is 2. The number of nitrogens with zero attached hydrogens (tertiary/aromatic N) is 2. The number of carbonyl (C=O) groups is 1. The van der Waals surface area contributed by atoms with Gasteiger partial charge in [0.1, 0.15) is 17.2 Å². The highest BCUT2D eigenvalue weighted by atomic mass is 32.1. The summed E-state index contributed by atoms with van der Waals surface area (Å²) in [6.45, 7) is 6.16. The van der Waals surface area contributed by atoms with E-state index in [0.29, 0.717) is 36.7 Å². The number of nitrogen functional groups attached to an aromatic ring is 1. The molecule has 1 aromatic carbocycles. The first-order valence-corrected chi connectivity index (χ1v) is 12.2. The normalized spacial score (nSPS) is 19.4. The molecular weight excluding hydrogens is 479 g/mol. The van der Waals surface area contributed by atoms with Crippen molar-refractivity contribution in [3.8, 4) is 0 Å². The lowest BCUT2D eigenvalue weighted by atomic mass is 9.80. The van der Waals surface area contributed by atoms with Crippen molar-refractivity contribution < 1.29 is 18.0 Å². The van der Waals surface area contributed by atoms with Crippen molar-refractivity contribution in [1.82, 2.24) is 14.7 Å². The quantitative estimate of drug-likeness (QED) is 0.386. The summed E-state index contributed by atoms with van der Waals surface area (Å²) >= 11 is 0.878. The maximum Gasteiger partial charge on any atom is 0.269 e. The van der Waals surface area contributed by atoms with Crippen LogP contribution in [-0.4, -0.2) is 40.8 Å². The molecule has 1 unspecified atom stereocenters. The third-order valence-electron chi connectivity index (χ3n) is 6.59. The van der Waals surface area contributed by atoms with E-state index in [0.717, 1.165) is 30.6 Å². The number of anilines is 2. The molecule has 3 aromatic rings. The summed E-state index contributed by atoms with van der Waals surface area (Å²) in [6, 6.07) is 3.59. The van der Waals surface area contributed by atoms with E-state index in [1.54, 1.807) is 0 Å².